The number of thiocarbonyl (C=S) groups is 1. The van der Waals surface area contributed by atoms with Gasteiger partial charge in [0.1, 0.15) is 10.8 Å². The van der Waals surface area contributed by atoms with Crippen molar-refractivity contribution in [2.24, 2.45) is 5.73 Å². The van der Waals surface area contributed by atoms with Gasteiger partial charge < -0.3 is 11.1 Å². The molecule has 0 aliphatic heterocycles. The van der Waals surface area contributed by atoms with Crippen molar-refractivity contribution in [1.29, 1.82) is 0 Å². The van der Waals surface area contributed by atoms with Crippen molar-refractivity contribution in [3.63, 3.8) is 0 Å². The molecule has 0 fully saturated rings. The van der Waals surface area contributed by atoms with Crippen molar-refractivity contribution in [1.82, 2.24) is 0 Å². The summed E-state index contributed by atoms with van der Waals surface area (Å²) in [7, 11) is 0. The first-order valence-electron chi connectivity index (χ1n) is 5.29. The fraction of sp³-hybridized carbons (Fsp3) is 0. The Labute approximate surface area is 128 Å². The molecule has 98 valence electrons. The van der Waals surface area contributed by atoms with Crippen LogP contribution in [0, 0.1) is 5.82 Å². The summed E-state index contributed by atoms with van der Waals surface area (Å²) in [5.41, 5.74) is 7.05. The average molecular weight is 360 g/mol. The molecule has 0 saturated carbocycles. The van der Waals surface area contributed by atoms with E-state index < -0.39 is 5.82 Å². The highest BCUT2D eigenvalue weighted by Crippen LogP contribution is 2.31. The minimum absolute atomic E-state index is 0.194. The minimum atomic E-state index is -0.443. The van der Waals surface area contributed by atoms with Gasteiger partial charge in [-0.2, -0.15) is 0 Å². The van der Waals surface area contributed by atoms with Gasteiger partial charge in [0.2, 0.25) is 0 Å². The lowest BCUT2D eigenvalue weighted by atomic mass is 10.1. The molecule has 6 heteroatoms. The van der Waals surface area contributed by atoms with Crippen LogP contribution in [0.5, 0.6) is 0 Å². The van der Waals surface area contributed by atoms with Crippen LogP contribution in [0.1, 0.15) is 5.56 Å². The number of rotatable bonds is 3. The molecule has 0 aromatic heterocycles. The fourth-order valence-corrected chi connectivity index (χ4v) is 2.34. The molecule has 0 heterocycles. The number of nitrogens with one attached hydrogen (secondary N) is 1. The molecule has 0 unspecified atom stereocenters. The van der Waals surface area contributed by atoms with Crippen molar-refractivity contribution in [3.05, 3.63) is 57.3 Å². The molecule has 0 aliphatic carbocycles. The standard InChI is InChI=1S/C13H9BrClFN2S/c14-7-4-5-8(13(17)19)11(6-7)18-12-9(15)2-1-3-10(12)16/h1-6,18H,(H2,17,19). The molecule has 3 N–H and O–H groups in total. The normalized spacial score (nSPS) is 10.3. The molecule has 0 spiro atoms. The van der Waals surface area contributed by atoms with Gasteiger partial charge in [-0.15, -0.1) is 0 Å². The molecule has 0 aliphatic rings. The zero-order valence-electron chi connectivity index (χ0n) is 9.58. The predicted octanol–water partition coefficient (Wildman–Crippen LogP) is 4.62. The molecule has 2 rings (SSSR count). The molecule has 19 heavy (non-hydrogen) atoms. The van der Waals surface area contributed by atoms with E-state index in [1.807, 2.05) is 6.07 Å². The van der Waals surface area contributed by atoms with Crippen molar-refractivity contribution in [3.8, 4) is 0 Å². The third-order valence-electron chi connectivity index (χ3n) is 2.47. The summed E-state index contributed by atoms with van der Waals surface area (Å²) in [5, 5.41) is 3.21. The maximum Gasteiger partial charge on any atom is 0.148 e. The largest absolute Gasteiger partial charge is 0.389 e. The van der Waals surface area contributed by atoms with Gasteiger partial charge in [-0.25, -0.2) is 4.39 Å². The molecule has 2 nitrogen and oxygen atoms in total. The molecule has 0 bridgehead atoms. The number of nitrogens with two attached hydrogens (primary N) is 1. The van der Waals surface area contributed by atoms with Gasteiger partial charge in [-0.3, -0.25) is 0 Å². The monoisotopic (exact) mass is 358 g/mol. The molecular weight excluding hydrogens is 351 g/mol. The van der Waals surface area contributed by atoms with E-state index in [9.17, 15) is 4.39 Å². The van der Waals surface area contributed by atoms with Gasteiger partial charge in [0, 0.05) is 15.7 Å². The van der Waals surface area contributed by atoms with Crippen LogP contribution in [-0.2, 0) is 0 Å². The van der Waals surface area contributed by atoms with Crippen LogP contribution < -0.4 is 11.1 Å². The zero-order chi connectivity index (χ0) is 14.0. The molecule has 0 radical (unpaired) electrons. The van der Waals surface area contributed by atoms with Crippen LogP contribution in [-0.4, -0.2) is 4.99 Å². The minimum Gasteiger partial charge on any atom is -0.389 e. The predicted molar refractivity (Wildman–Crippen MR) is 84.7 cm³/mol. The van der Waals surface area contributed by atoms with Crippen molar-refractivity contribution in [2.45, 2.75) is 0 Å². The van der Waals surface area contributed by atoms with E-state index in [1.165, 1.54) is 12.1 Å². The van der Waals surface area contributed by atoms with Crippen LogP contribution in [0.4, 0.5) is 15.8 Å². The van der Waals surface area contributed by atoms with Crippen LogP contribution in [0.25, 0.3) is 0 Å². The van der Waals surface area contributed by atoms with Gasteiger partial charge in [0.25, 0.3) is 0 Å². The quantitative estimate of drug-likeness (QED) is 0.785. The molecular formula is C13H9BrClFN2S. The van der Waals surface area contributed by atoms with E-state index in [-0.39, 0.29) is 15.7 Å². The van der Waals surface area contributed by atoms with E-state index in [2.05, 4.69) is 21.2 Å². The topological polar surface area (TPSA) is 38.0 Å². The van der Waals surface area contributed by atoms with Gasteiger partial charge in [-0.05, 0) is 30.3 Å². The summed E-state index contributed by atoms with van der Waals surface area (Å²) in [4.78, 5) is 0.225. The Hall–Kier alpha value is -1.17. The summed E-state index contributed by atoms with van der Waals surface area (Å²) < 4.78 is 14.6. The molecule has 2 aromatic rings. The van der Waals surface area contributed by atoms with Crippen molar-refractivity contribution in [2.75, 3.05) is 5.32 Å². The van der Waals surface area contributed by atoms with Gasteiger partial charge in [0.15, 0.2) is 0 Å². The third-order valence-corrected chi connectivity index (χ3v) is 3.50. The number of hydrogen-bond acceptors (Lipinski definition) is 2. The van der Waals surface area contributed by atoms with E-state index in [4.69, 9.17) is 29.6 Å². The maximum atomic E-state index is 13.7. The fourth-order valence-electron chi connectivity index (χ4n) is 1.59. The average Bonchev–Trinajstić information content (AvgIpc) is 2.33. The lowest BCUT2D eigenvalue weighted by molar-refractivity contribution is 0.632. The van der Waals surface area contributed by atoms with Crippen LogP contribution in [0.3, 0.4) is 0 Å². The summed E-state index contributed by atoms with van der Waals surface area (Å²) in [6, 6.07) is 9.79. The first kappa shape index (κ1) is 14.2. The summed E-state index contributed by atoms with van der Waals surface area (Å²) in [6.07, 6.45) is 0. The number of hydrogen-bond donors (Lipinski definition) is 2. The Morgan fingerprint density at radius 2 is 2.05 bits per heavy atom. The molecule has 2 aromatic carbocycles. The maximum absolute atomic E-state index is 13.7. The van der Waals surface area contributed by atoms with E-state index >= 15 is 0 Å². The Kier molecular flexibility index (Phi) is 4.39. The first-order chi connectivity index (χ1) is 8.99. The Balaban J connectivity index is 2.49. The molecule has 0 saturated heterocycles. The Morgan fingerprint density at radius 1 is 1.32 bits per heavy atom. The lowest BCUT2D eigenvalue weighted by Gasteiger charge is -2.13. The van der Waals surface area contributed by atoms with Crippen molar-refractivity contribution < 1.29 is 4.39 Å². The summed E-state index contributed by atoms with van der Waals surface area (Å²) in [6.45, 7) is 0. The van der Waals surface area contributed by atoms with E-state index in [1.54, 1.807) is 18.2 Å². The number of benzene rings is 2. The Morgan fingerprint density at radius 3 is 2.68 bits per heavy atom. The van der Waals surface area contributed by atoms with Gasteiger partial charge >= 0.3 is 0 Å². The second kappa shape index (κ2) is 5.86. The summed E-state index contributed by atoms with van der Waals surface area (Å²) in [5.74, 6) is -0.443. The highest BCUT2D eigenvalue weighted by Gasteiger charge is 2.11. The zero-order valence-corrected chi connectivity index (χ0v) is 12.7. The first-order valence-corrected chi connectivity index (χ1v) is 6.87. The van der Waals surface area contributed by atoms with Crippen LogP contribution in [0.15, 0.2) is 40.9 Å². The second-order valence-electron chi connectivity index (χ2n) is 3.78. The number of halogens is 3. The van der Waals surface area contributed by atoms with Gasteiger partial charge in [0.05, 0.1) is 10.7 Å². The SMILES string of the molecule is NC(=S)c1ccc(Br)cc1Nc1c(F)cccc1Cl. The highest BCUT2D eigenvalue weighted by atomic mass is 79.9. The molecule has 0 amide bonds. The second-order valence-corrected chi connectivity index (χ2v) is 5.54. The summed E-state index contributed by atoms with van der Waals surface area (Å²) >= 11 is 14.3. The van der Waals surface area contributed by atoms with Crippen LogP contribution >= 0.6 is 39.7 Å². The van der Waals surface area contributed by atoms with Gasteiger partial charge in [-0.1, -0.05) is 45.8 Å². The third kappa shape index (κ3) is 3.23. The highest BCUT2D eigenvalue weighted by molar-refractivity contribution is 9.10. The lowest BCUT2D eigenvalue weighted by Crippen LogP contribution is -2.12. The number of anilines is 2. The Bertz CT molecular complexity index is 628. The smallest absolute Gasteiger partial charge is 0.148 e. The van der Waals surface area contributed by atoms with E-state index in [0.29, 0.717) is 11.3 Å². The molecule has 0 atom stereocenters. The van der Waals surface area contributed by atoms with Crippen LogP contribution in [0.2, 0.25) is 5.02 Å². The van der Waals surface area contributed by atoms with E-state index in [0.717, 1.165) is 4.47 Å². The number of para-hydroxylation sites is 1. The van der Waals surface area contributed by atoms with Crippen molar-refractivity contribution >= 4 is 56.1 Å².